The maximum atomic E-state index is 12.9. The third-order valence-corrected chi connectivity index (χ3v) is 6.13. The van der Waals surface area contributed by atoms with Gasteiger partial charge in [0, 0.05) is 42.7 Å². The van der Waals surface area contributed by atoms with Crippen LogP contribution in [-0.2, 0) is 19.6 Å². The van der Waals surface area contributed by atoms with E-state index in [-0.39, 0.29) is 11.7 Å². The number of aryl methyl sites for hydroxylation is 2. The van der Waals surface area contributed by atoms with Crippen LogP contribution in [0, 0.1) is 0 Å². The lowest BCUT2D eigenvalue weighted by Crippen LogP contribution is -2.28. The lowest BCUT2D eigenvalue weighted by Gasteiger charge is -2.24. The molecule has 5 rings (SSSR count). The van der Waals surface area contributed by atoms with Gasteiger partial charge in [0.25, 0.3) is 5.91 Å². The number of nitrogens with one attached hydrogen (secondary N) is 1. The third-order valence-electron chi connectivity index (χ3n) is 6.13. The number of nitrogens with zero attached hydrogens (tertiary/aromatic N) is 5. The number of hydrogen-bond donors (Lipinski definition) is 1. The van der Waals surface area contributed by atoms with Gasteiger partial charge in [0.05, 0.1) is 17.4 Å². The van der Waals surface area contributed by atoms with Crippen molar-refractivity contribution in [2.24, 2.45) is 7.05 Å². The molecular formula is C21H21F3N6O. The Hall–Kier alpha value is -3.17. The summed E-state index contributed by atoms with van der Waals surface area (Å²) in [6.45, 7) is 0. The molecule has 3 aromatic heterocycles. The smallest absolute Gasteiger partial charge is 0.344 e. The van der Waals surface area contributed by atoms with Crippen molar-refractivity contribution in [3.05, 3.63) is 58.9 Å². The van der Waals surface area contributed by atoms with E-state index in [1.54, 1.807) is 10.9 Å². The van der Waals surface area contributed by atoms with E-state index in [2.05, 4.69) is 20.5 Å². The van der Waals surface area contributed by atoms with E-state index in [1.165, 1.54) is 13.5 Å². The van der Waals surface area contributed by atoms with Gasteiger partial charge in [-0.15, -0.1) is 0 Å². The molecule has 2 aliphatic carbocycles. The van der Waals surface area contributed by atoms with Crippen LogP contribution in [-0.4, -0.2) is 30.5 Å². The molecule has 0 saturated heterocycles. The Morgan fingerprint density at radius 2 is 2.00 bits per heavy atom. The molecule has 0 bridgehead atoms. The molecule has 1 N–H and O–H groups in total. The Morgan fingerprint density at radius 1 is 1.19 bits per heavy atom. The molecule has 0 unspecified atom stereocenters. The van der Waals surface area contributed by atoms with E-state index < -0.39 is 17.8 Å². The van der Waals surface area contributed by atoms with Crippen LogP contribution >= 0.6 is 0 Å². The second-order valence-electron chi connectivity index (χ2n) is 8.14. The zero-order valence-corrected chi connectivity index (χ0v) is 16.9. The number of amides is 1. The van der Waals surface area contributed by atoms with Crippen LogP contribution < -0.4 is 5.32 Å². The average molecular weight is 430 g/mol. The highest BCUT2D eigenvalue weighted by Gasteiger charge is 2.36. The molecule has 1 saturated carbocycles. The molecule has 31 heavy (non-hydrogen) atoms. The largest absolute Gasteiger partial charge is 0.435 e. The average Bonchev–Trinajstić information content (AvgIpc) is 3.35. The molecular weight excluding hydrogens is 409 g/mol. The van der Waals surface area contributed by atoms with Crippen LogP contribution in [0.15, 0.2) is 30.6 Å². The fourth-order valence-electron chi connectivity index (χ4n) is 4.18. The van der Waals surface area contributed by atoms with Gasteiger partial charge in [0.2, 0.25) is 0 Å². The van der Waals surface area contributed by atoms with Gasteiger partial charge in [-0.25, -0.2) is 4.68 Å². The van der Waals surface area contributed by atoms with Gasteiger partial charge in [0.1, 0.15) is 5.69 Å². The van der Waals surface area contributed by atoms with Gasteiger partial charge in [-0.1, -0.05) is 6.42 Å². The van der Waals surface area contributed by atoms with Gasteiger partial charge < -0.3 is 5.32 Å². The number of carbonyl (C=O) groups excluding carboxylic acids is 1. The second kappa shape index (κ2) is 7.21. The van der Waals surface area contributed by atoms with Gasteiger partial charge in [-0.3, -0.25) is 14.5 Å². The van der Waals surface area contributed by atoms with Crippen molar-refractivity contribution in [2.45, 2.75) is 50.2 Å². The molecule has 1 atom stereocenters. The summed E-state index contributed by atoms with van der Waals surface area (Å²) < 4.78 is 41.4. The molecule has 2 aliphatic rings. The van der Waals surface area contributed by atoms with E-state index in [0.717, 1.165) is 46.2 Å². The zero-order chi connectivity index (χ0) is 21.8. The van der Waals surface area contributed by atoms with Crippen molar-refractivity contribution in [2.75, 3.05) is 0 Å². The molecule has 3 heterocycles. The Morgan fingerprint density at radius 3 is 2.68 bits per heavy atom. The van der Waals surface area contributed by atoms with Gasteiger partial charge in [0.15, 0.2) is 5.69 Å². The zero-order valence-electron chi connectivity index (χ0n) is 16.9. The highest BCUT2D eigenvalue weighted by molar-refractivity contribution is 5.93. The maximum absolute atomic E-state index is 12.9. The lowest BCUT2D eigenvalue weighted by molar-refractivity contribution is -0.141. The number of carbonyl (C=O) groups is 1. The monoisotopic (exact) mass is 430 g/mol. The van der Waals surface area contributed by atoms with Crippen LogP contribution in [0.1, 0.15) is 70.8 Å². The Balaban J connectivity index is 1.35. The second-order valence-corrected chi connectivity index (χ2v) is 8.14. The molecule has 10 heteroatoms. The lowest BCUT2D eigenvalue weighted by atomic mass is 9.82. The number of alkyl halides is 3. The predicted octanol–water partition coefficient (Wildman–Crippen LogP) is 3.70. The third kappa shape index (κ3) is 3.60. The van der Waals surface area contributed by atoms with Crippen molar-refractivity contribution in [1.82, 2.24) is 29.9 Å². The molecule has 1 amide bonds. The number of rotatable bonds is 4. The Kier molecular flexibility index (Phi) is 4.60. The summed E-state index contributed by atoms with van der Waals surface area (Å²) in [6.07, 6.45) is 3.96. The molecule has 7 nitrogen and oxygen atoms in total. The standard InChI is InChI=1S/C21H21F3N6O/c1-29-18(10-19(28-29)21(22,23)24)20(31)26-15-5-6-16-14(15)11-30(27-16)13-7-8-25-17(9-13)12-3-2-4-12/h7-12,15H,2-6H2,1H3,(H,26,31)/t15-/m1/s1. The molecule has 162 valence electrons. The van der Waals surface area contributed by atoms with Gasteiger partial charge in [-0.2, -0.15) is 23.4 Å². The highest BCUT2D eigenvalue weighted by atomic mass is 19.4. The van der Waals surface area contributed by atoms with Crippen molar-refractivity contribution in [3.63, 3.8) is 0 Å². The van der Waals surface area contributed by atoms with E-state index in [1.807, 2.05) is 18.3 Å². The quantitative estimate of drug-likeness (QED) is 0.685. The number of aromatic nitrogens is 5. The summed E-state index contributed by atoms with van der Waals surface area (Å²) in [7, 11) is 1.32. The summed E-state index contributed by atoms with van der Waals surface area (Å²) in [5.41, 5.74) is 2.54. The fraction of sp³-hybridized carbons (Fsp3) is 0.429. The van der Waals surface area contributed by atoms with E-state index in [9.17, 15) is 18.0 Å². The van der Waals surface area contributed by atoms with Crippen molar-refractivity contribution >= 4 is 5.91 Å². The Labute approximate surface area is 176 Å². The van der Waals surface area contributed by atoms with E-state index >= 15 is 0 Å². The topological polar surface area (TPSA) is 77.6 Å². The summed E-state index contributed by atoms with van der Waals surface area (Å²) >= 11 is 0. The van der Waals surface area contributed by atoms with Gasteiger partial charge >= 0.3 is 6.18 Å². The molecule has 0 radical (unpaired) electrons. The van der Waals surface area contributed by atoms with Crippen molar-refractivity contribution in [3.8, 4) is 5.69 Å². The first-order chi connectivity index (χ1) is 14.8. The maximum Gasteiger partial charge on any atom is 0.435 e. The van der Waals surface area contributed by atoms with E-state index in [4.69, 9.17) is 0 Å². The normalized spacial score (nSPS) is 18.6. The summed E-state index contributed by atoms with van der Waals surface area (Å²) in [6, 6.07) is 4.40. The number of fused-ring (bicyclic) bond motifs is 1. The first kappa shape index (κ1) is 19.8. The minimum atomic E-state index is -4.60. The fourth-order valence-corrected chi connectivity index (χ4v) is 4.18. The number of pyridine rings is 1. The SMILES string of the molecule is Cn1nc(C(F)(F)F)cc1C(=O)N[C@@H]1CCc2nn(-c3ccnc(C4CCC4)c3)cc21. The van der Waals surface area contributed by atoms with Crippen molar-refractivity contribution < 1.29 is 18.0 Å². The van der Waals surface area contributed by atoms with Crippen molar-refractivity contribution in [1.29, 1.82) is 0 Å². The molecule has 0 aromatic carbocycles. The van der Waals surface area contributed by atoms with Crippen LogP contribution in [0.3, 0.4) is 0 Å². The van der Waals surface area contributed by atoms with Crippen LogP contribution in [0.2, 0.25) is 0 Å². The molecule has 0 aliphatic heterocycles. The molecule has 3 aromatic rings. The highest BCUT2D eigenvalue weighted by Crippen LogP contribution is 2.36. The number of halogens is 3. The summed E-state index contributed by atoms with van der Waals surface area (Å²) in [5, 5.41) is 10.9. The minimum absolute atomic E-state index is 0.132. The van der Waals surface area contributed by atoms with Crippen LogP contribution in [0.25, 0.3) is 5.69 Å². The first-order valence-electron chi connectivity index (χ1n) is 10.3. The summed E-state index contributed by atoms with van der Waals surface area (Å²) in [5.74, 6) is -0.0813. The number of hydrogen-bond acceptors (Lipinski definition) is 4. The minimum Gasteiger partial charge on any atom is -0.344 e. The first-order valence-corrected chi connectivity index (χ1v) is 10.3. The molecule has 1 fully saturated rings. The van der Waals surface area contributed by atoms with Crippen LogP contribution in [0.5, 0.6) is 0 Å². The predicted molar refractivity (Wildman–Crippen MR) is 105 cm³/mol. The Bertz CT molecular complexity index is 1140. The summed E-state index contributed by atoms with van der Waals surface area (Å²) in [4.78, 5) is 17.1. The molecule has 0 spiro atoms. The van der Waals surface area contributed by atoms with E-state index in [0.29, 0.717) is 18.8 Å². The van der Waals surface area contributed by atoms with Gasteiger partial charge in [-0.05, 0) is 37.8 Å². The van der Waals surface area contributed by atoms with Crippen LogP contribution in [0.4, 0.5) is 13.2 Å².